The molecule has 1 aliphatic rings. The van der Waals surface area contributed by atoms with Crippen LogP contribution in [0.3, 0.4) is 0 Å². The third-order valence-corrected chi connectivity index (χ3v) is 3.24. The fourth-order valence-corrected chi connectivity index (χ4v) is 2.29. The lowest BCUT2D eigenvalue weighted by Gasteiger charge is -2.17. The van der Waals surface area contributed by atoms with Gasteiger partial charge in [0.1, 0.15) is 6.61 Å². The van der Waals surface area contributed by atoms with Gasteiger partial charge in [0.2, 0.25) is 0 Å². The lowest BCUT2D eigenvalue weighted by atomic mass is 10.3. The molecule has 0 radical (unpaired) electrons. The SMILES string of the molecule is CC(C)OCCOc1ccccc1OC1CCCC1. The van der Waals surface area contributed by atoms with Crippen LogP contribution in [-0.4, -0.2) is 25.4 Å². The first-order chi connectivity index (χ1) is 9.25. The van der Waals surface area contributed by atoms with Crippen molar-refractivity contribution in [3.05, 3.63) is 24.3 Å². The van der Waals surface area contributed by atoms with Crippen LogP contribution in [0.15, 0.2) is 24.3 Å². The Labute approximate surface area is 115 Å². The summed E-state index contributed by atoms with van der Waals surface area (Å²) < 4.78 is 17.2. The van der Waals surface area contributed by atoms with Gasteiger partial charge in [0.15, 0.2) is 11.5 Å². The Hall–Kier alpha value is -1.22. The van der Waals surface area contributed by atoms with E-state index in [0.29, 0.717) is 19.3 Å². The molecule has 106 valence electrons. The summed E-state index contributed by atoms with van der Waals surface area (Å²) in [5.74, 6) is 1.68. The molecule has 0 unspecified atom stereocenters. The summed E-state index contributed by atoms with van der Waals surface area (Å²) in [4.78, 5) is 0. The van der Waals surface area contributed by atoms with Crippen molar-refractivity contribution >= 4 is 0 Å². The Balaban J connectivity index is 1.84. The molecule has 0 spiro atoms. The van der Waals surface area contributed by atoms with Gasteiger partial charge in [-0.2, -0.15) is 0 Å². The standard InChI is InChI=1S/C16H24O3/c1-13(2)17-11-12-18-15-9-5-6-10-16(15)19-14-7-3-4-8-14/h5-6,9-10,13-14H,3-4,7-8,11-12H2,1-2H3. The van der Waals surface area contributed by atoms with Crippen molar-refractivity contribution in [3.63, 3.8) is 0 Å². The summed E-state index contributed by atoms with van der Waals surface area (Å²) in [7, 11) is 0. The normalized spacial score (nSPS) is 15.9. The number of ether oxygens (including phenoxy) is 3. The Morgan fingerprint density at radius 1 is 1.05 bits per heavy atom. The largest absolute Gasteiger partial charge is 0.487 e. The molecule has 1 fully saturated rings. The highest BCUT2D eigenvalue weighted by Gasteiger charge is 2.18. The topological polar surface area (TPSA) is 27.7 Å². The van der Waals surface area contributed by atoms with Crippen molar-refractivity contribution in [3.8, 4) is 11.5 Å². The number of hydrogen-bond donors (Lipinski definition) is 0. The minimum Gasteiger partial charge on any atom is -0.487 e. The van der Waals surface area contributed by atoms with Crippen LogP contribution in [0.5, 0.6) is 11.5 Å². The van der Waals surface area contributed by atoms with Gasteiger partial charge in [-0.3, -0.25) is 0 Å². The zero-order valence-electron chi connectivity index (χ0n) is 11.9. The quantitative estimate of drug-likeness (QED) is 0.701. The van der Waals surface area contributed by atoms with Gasteiger partial charge in [0.05, 0.1) is 18.8 Å². The molecule has 0 aliphatic heterocycles. The fraction of sp³-hybridized carbons (Fsp3) is 0.625. The van der Waals surface area contributed by atoms with Gasteiger partial charge in [-0.25, -0.2) is 0 Å². The summed E-state index contributed by atoms with van der Waals surface area (Å²) in [6.45, 7) is 5.22. The smallest absolute Gasteiger partial charge is 0.161 e. The lowest BCUT2D eigenvalue weighted by Crippen LogP contribution is -2.14. The Morgan fingerprint density at radius 3 is 2.42 bits per heavy atom. The molecule has 3 heteroatoms. The average molecular weight is 264 g/mol. The summed E-state index contributed by atoms with van der Waals surface area (Å²) in [6, 6.07) is 7.90. The second kappa shape index (κ2) is 7.39. The van der Waals surface area contributed by atoms with Gasteiger partial charge in [-0.1, -0.05) is 12.1 Å². The first-order valence-corrected chi connectivity index (χ1v) is 7.26. The van der Waals surface area contributed by atoms with Gasteiger partial charge in [-0.15, -0.1) is 0 Å². The highest BCUT2D eigenvalue weighted by molar-refractivity contribution is 5.39. The van der Waals surface area contributed by atoms with Crippen LogP contribution in [0.25, 0.3) is 0 Å². The average Bonchev–Trinajstić information content (AvgIpc) is 2.89. The van der Waals surface area contributed by atoms with Crippen LogP contribution < -0.4 is 9.47 Å². The number of hydrogen-bond acceptors (Lipinski definition) is 3. The van der Waals surface area contributed by atoms with Gasteiger partial charge in [-0.05, 0) is 51.7 Å². The molecule has 3 nitrogen and oxygen atoms in total. The van der Waals surface area contributed by atoms with Crippen LogP contribution >= 0.6 is 0 Å². The van der Waals surface area contributed by atoms with Crippen LogP contribution in [-0.2, 0) is 4.74 Å². The molecule has 2 rings (SSSR count). The van der Waals surface area contributed by atoms with Crippen molar-refractivity contribution < 1.29 is 14.2 Å². The molecule has 0 saturated heterocycles. The van der Waals surface area contributed by atoms with Crippen molar-refractivity contribution in [1.82, 2.24) is 0 Å². The number of benzene rings is 1. The summed E-state index contributed by atoms with van der Waals surface area (Å²) >= 11 is 0. The Bertz CT molecular complexity index is 370. The molecular formula is C16H24O3. The molecule has 1 saturated carbocycles. The fourth-order valence-electron chi connectivity index (χ4n) is 2.29. The zero-order valence-corrected chi connectivity index (χ0v) is 11.9. The summed E-state index contributed by atoms with van der Waals surface area (Å²) in [6.07, 6.45) is 5.46. The number of para-hydroxylation sites is 2. The summed E-state index contributed by atoms with van der Waals surface area (Å²) in [5.41, 5.74) is 0. The predicted molar refractivity (Wildman–Crippen MR) is 75.9 cm³/mol. The number of rotatable bonds is 7. The molecule has 1 aromatic carbocycles. The predicted octanol–water partition coefficient (Wildman–Crippen LogP) is 3.81. The van der Waals surface area contributed by atoms with Crippen LogP contribution in [0.2, 0.25) is 0 Å². The van der Waals surface area contributed by atoms with Gasteiger partial charge in [0.25, 0.3) is 0 Å². The Kier molecular flexibility index (Phi) is 5.52. The van der Waals surface area contributed by atoms with Crippen LogP contribution in [0.1, 0.15) is 39.5 Å². The molecule has 0 atom stereocenters. The molecule has 0 N–H and O–H groups in total. The maximum Gasteiger partial charge on any atom is 0.161 e. The van der Waals surface area contributed by atoms with E-state index in [1.54, 1.807) is 0 Å². The molecule has 0 aromatic heterocycles. The minimum atomic E-state index is 0.244. The molecular weight excluding hydrogens is 240 g/mol. The summed E-state index contributed by atoms with van der Waals surface area (Å²) in [5, 5.41) is 0. The minimum absolute atomic E-state index is 0.244. The molecule has 0 heterocycles. The second-order valence-corrected chi connectivity index (χ2v) is 5.24. The second-order valence-electron chi connectivity index (χ2n) is 5.24. The zero-order chi connectivity index (χ0) is 13.5. The van der Waals surface area contributed by atoms with Gasteiger partial charge >= 0.3 is 0 Å². The maximum atomic E-state index is 6.02. The van der Waals surface area contributed by atoms with E-state index in [1.165, 1.54) is 12.8 Å². The van der Waals surface area contributed by atoms with Crippen LogP contribution in [0, 0.1) is 0 Å². The molecule has 19 heavy (non-hydrogen) atoms. The van der Waals surface area contributed by atoms with Crippen molar-refractivity contribution in [2.75, 3.05) is 13.2 Å². The van der Waals surface area contributed by atoms with Crippen LogP contribution in [0.4, 0.5) is 0 Å². The van der Waals surface area contributed by atoms with Gasteiger partial charge in [0, 0.05) is 0 Å². The Morgan fingerprint density at radius 2 is 1.74 bits per heavy atom. The van der Waals surface area contributed by atoms with E-state index in [0.717, 1.165) is 24.3 Å². The van der Waals surface area contributed by atoms with Gasteiger partial charge < -0.3 is 14.2 Å². The monoisotopic (exact) mass is 264 g/mol. The van der Waals surface area contributed by atoms with E-state index in [-0.39, 0.29) is 6.10 Å². The first kappa shape index (κ1) is 14.2. The van der Waals surface area contributed by atoms with Crippen molar-refractivity contribution in [2.45, 2.75) is 51.7 Å². The highest BCUT2D eigenvalue weighted by Crippen LogP contribution is 2.31. The van der Waals surface area contributed by atoms with Crippen molar-refractivity contribution in [1.29, 1.82) is 0 Å². The maximum absolute atomic E-state index is 6.02. The molecule has 0 amide bonds. The highest BCUT2D eigenvalue weighted by atomic mass is 16.5. The van der Waals surface area contributed by atoms with E-state index < -0.39 is 0 Å². The third-order valence-electron chi connectivity index (χ3n) is 3.24. The third kappa shape index (κ3) is 4.75. The lowest BCUT2D eigenvalue weighted by molar-refractivity contribution is 0.0540. The molecule has 1 aliphatic carbocycles. The molecule has 1 aromatic rings. The van der Waals surface area contributed by atoms with Crippen molar-refractivity contribution in [2.24, 2.45) is 0 Å². The van der Waals surface area contributed by atoms with E-state index in [1.807, 2.05) is 38.1 Å². The van der Waals surface area contributed by atoms with E-state index >= 15 is 0 Å². The van der Waals surface area contributed by atoms with E-state index in [4.69, 9.17) is 14.2 Å². The first-order valence-electron chi connectivity index (χ1n) is 7.26. The van der Waals surface area contributed by atoms with E-state index in [9.17, 15) is 0 Å². The van der Waals surface area contributed by atoms with E-state index in [2.05, 4.69) is 0 Å². The molecule has 0 bridgehead atoms.